The molecule has 0 aromatic heterocycles. The van der Waals surface area contributed by atoms with Gasteiger partial charge >= 0.3 is 0 Å². The highest BCUT2D eigenvalue weighted by Crippen LogP contribution is 2.30. The van der Waals surface area contributed by atoms with E-state index in [9.17, 15) is 0 Å². The average Bonchev–Trinajstić information content (AvgIpc) is 2.46. The van der Waals surface area contributed by atoms with Crippen molar-refractivity contribution in [3.63, 3.8) is 0 Å². The fourth-order valence-electron chi connectivity index (χ4n) is 2.15. The highest BCUT2D eigenvalue weighted by Gasteiger charge is 2.13. The molecule has 2 N–H and O–H groups in total. The lowest BCUT2D eigenvalue weighted by molar-refractivity contribution is 0.388. The van der Waals surface area contributed by atoms with E-state index in [2.05, 4.69) is 0 Å². The van der Waals surface area contributed by atoms with Crippen molar-refractivity contribution in [2.45, 2.75) is 12.5 Å². The van der Waals surface area contributed by atoms with E-state index in [4.69, 9.17) is 26.8 Å². The van der Waals surface area contributed by atoms with E-state index in [0.717, 1.165) is 27.6 Å². The van der Waals surface area contributed by atoms with E-state index in [-0.39, 0.29) is 6.04 Å². The second-order valence-corrected chi connectivity index (χ2v) is 4.98. The lowest BCUT2D eigenvalue weighted by atomic mass is 9.99. The van der Waals surface area contributed by atoms with Crippen molar-refractivity contribution in [3.05, 3.63) is 58.6 Å². The van der Waals surface area contributed by atoms with Crippen LogP contribution in [0.1, 0.15) is 17.2 Å². The Morgan fingerprint density at radius 3 is 2.55 bits per heavy atom. The minimum absolute atomic E-state index is 0.158. The summed E-state index contributed by atoms with van der Waals surface area (Å²) >= 11 is 5.99. The van der Waals surface area contributed by atoms with Gasteiger partial charge in [0.1, 0.15) is 11.5 Å². The highest BCUT2D eigenvalue weighted by atomic mass is 35.5. The number of rotatable bonds is 5. The van der Waals surface area contributed by atoms with Crippen molar-refractivity contribution >= 4 is 11.6 Å². The molecular formula is C16H18ClNO2. The van der Waals surface area contributed by atoms with Crippen molar-refractivity contribution in [2.75, 3.05) is 14.2 Å². The molecule has 106 valence electrons. The predicted octanol–water partition coefficient (Wildman–Crippen LogP) is 3.60. The van der Waals surface area contributed by atoms with Gasteiger partial charge in [-0.15, -0.1) is 0 Å². The summed E-state index contributed by atoms with van der Waals surface area (Å²) in [4.78, 5) is 0. The van der Waals surface area contributed by atoms with Crippen LogP contribution in [0.5, 0.6) is 11.5 Å². The van der Waals surface area contributed by atoms with Crippen LogP contribution in [-0.2, 0) is 6.42 Å². The lowest BCUT2D eigenvalue weighted by Gasteiger charge is -2.17. The maximum absolute atomic E-state index is 6.28. The number of ether oxygens (including phenoxy) is 2. The lowest BCUT2D eigenvalue weighted by Crippen LogP contribution is -2.14. The minimum atomic E-state index is -0.158. The molecule has 0 aliphatic rings. The maximum atomic E-state index is 6.28. The van der Waals surface area contributed by atoms with E-state index in [1.54, 1.807) is 14.2 Å². The highest BCUT2D eigenvalue weighted by molar-refractivity contribution is 6.30. The molecule has 0 saturated heterocycles. The van der Waals surface area contributed by atoms with E-state index in [1.165, 1.54) is 0 Å². The zero-order chi connectivity index (χ0) is 14.5. The number of benzene rings is 2. The van der Waals surface area contributed by atoms with Crippen LogP contribution in [0, 0.1) is 0 Å². The van der Waals surface area contributed by atoms with Crippen LogP contribution in [0.4, 0.5) is 0 Å². The summed E-state index contributed by atoms with van der Waals surface area (Å²) in [6.07, 6.45) is 0.698. The van der Waals surface area contributed by atoms with Crippen LogP contribution in [0.25, 0.3) is 0 Å². The zero-order valence-electron chi connectivity index (χ0n) is 11.6. The molecule has 0 fully saturated rings. The SMILES string of the molecule is COc1ccc(C(N)Cc2cccc(Cl)c2)c(OC)c1. The Morgan fingerprint density at radius 1 is 1.10 bits per heavy atom. The molecule has 0 radical (unpaired) electrons. The van der Waals surface area contributed by atoms with Crippen LogP contribution in [0.15, 0.2) is 42.5 Å². The van der Waals surface area contributed by atoms with Gasteiger partial charge in [-0.1, -0.05) is 29.8 Å². The molecule has 0 heterocycles. The zero-order valence-corrected chi connectivity index (χ0v) is 12.4. The molecule has 20 heavy (non-hydrogen) atoms. The second-order valence-electron chi connectivity index (χ2n) is 4.55. The normalized spacial score (nSPS) is 12.0. The Bertz CT molecular complexity index is 586. The molecular weight excluding hydrogens is 274 g/mol. The molecule has 1 atom stereocenters. The monoisotopic (exact) mass is 291 g/mol. The molecule has 1 unspecified atom stereocenters. The Morgan fingerprint density at radius 2 is 1.90 bits per heavy atom. The summed E-state index contributed by atoms with van der Waals surface area (Å²) in [7, 11) is 3.25. The standard InChI is InChI=1S/C16H18ClNO2/c1-19-13-6-7-14(16(10-13)20-2)15(18)9-11-4-3-5-12(17)8-11/h3-8,10,15H,9,18H2,1-2H3. The average molecular weight is 292 g/mol. The molecule has 0 aliphatic heterocycles. The predicted molar refractivity (Wildman–Crippen MR) is 81.6 cm³/mol. The second kappa shape index (κ2) is 6.64. The van der Waals surface area contributed by atoms with Crippen LogP contribution >= 0.6 is 11.6 Å². The van der Waals surface area contributed by atoms with Gasteiger partial charge in [-0.3, -0.25) is 0 Å². The fourth-order valence-corrected chi connectivity index (χ4v) is 2.37. The van der Waals surface area contributed by atoms with Gasteiger partial charge < -0.3 is 15.2 Å². The Balaban J connectivity index is 2.22. The summed E-state index contributed by atoms with van der Waals surface area (Å²) in [5.41, 5.74) is 8.33. The van der Waals surface area contributed by atoms with Crippen molar-refractivity contribution in [1.29, 1.82) is 0 Å². The fraction of sp³-hybridized carbons (Fsp3) is 0.250. The van der Waals surface area contributed by atoms with Crippen LogP contribution in [0.2, 0.25) is 5.02 Å². The summed E-state index contributed by atoms with van der Waals surface area (Å²) in [5, 5.41) is 0.719. The van der Waals surface area contributed by atoms with Crippen LogP contribution < -0.4 is 15.2 Å². The first-order valence-corrected chi connectivity index (χ1v) is 6.73. The topological polar surface area (TPSA) is 44.5 Å². The van der Waals surface area contributed by atoms with Gasteiger partial charge in [0.25, 0.3) is 0 Å². The van der Waals surface area contributed by atoms with E-state index in [0.29, 0.717) is 6.42 Å². The number of methoxy groups -OCH3 is 2. The molecule has 0 amide bonds. The smallest absolute Gasteiger partial charge is 0.127 e. The van der Waals surface area contributed by atoms with E-state index < -0.39 is 0 Å². The van der Waals surface area contributed by atoms with Crippen LogP contribution in [0.3, 0.4) is 0 Å². The third-order valence-electron chi connectivity index (χ3n) is 3.18. The van der Waals surface area contributed by atoms with Crippen molar-refractivity contribution < 1.29 is 9.47 Å². The van der Waals surface area contributed by atoms with E-state index >= 15 is 0 Å². The Kier molecular flexibility index (Phi) is 4.88. The minimum Gasteiger partial charge on any atom is -0.497 e. The Labute approximate surface area is 124 Å². The molecule has 0 saturated carbocycles. The van der Waals surface area contributed by atoms with Gasteiger partial charge in [0.15, 0.2) is 0 Å². The Hall–Kier alpha value is -1.71. The van der Waals surface area contributed by atoms with Gasteiger partial charge in [-0.25, -0.2) is 0 Å². The van der Waals surface area contributed by atoms with Gasteiger partial charge in [0, 0.05) is 22.7 Å². The van der Waals surface area contributed by atoms with Gasteiger partial charge in [0.2, 0.25) is 0 Å². The number of hydrogen-bond acceptors (Lipinski definition) is 3. The van der Waals surface area contributed by atoms with Crippen molar-refractivity contribution in [3.8, 4) is 11.5 Å². The maximum Gasteiger partial charge on any atom is 0.127 e. The first kappa shape index (κ1) is 14.7. The van der Waals surface area contributed by atoms with Gasteiger partial charge in [-0.2, -0.15) is 0 Å². The third kappa shape index (κ3) is 3.44. The van der Waals surface area contributed by atoms with E-state index in [1.807, 2.05) is 42.5 Å². The summed E-state index contributed by atoms with van der Waals surface area (Å²) in [5.74, 6) is 1.49. The largest absolute Gasteiger partial charge is 0.497 e. The summed E-state index contributed by atoms with van der Waals surface area (Å²) in [6.45, 7) is 0. The summed E-state index contributed by atoms with van der Waals surface area (Å²) < 4.78 is 10.6. The molecule has 2 aromatic rings. The molecule has 2 aromatic carbocycles. The summed E-state index contributed by atoms with van der Waals surface area (Å²) in [6, 6.07) is 13.2. The quantitative estimate of drug-likeness (QED) is 0.915. The third-order valence-corrected chi connectivity index (χ3v) is 3.42. The molecule has 4 heteroatoms. The first-order chi connectivity index (χ1) is 9.63. The number of nitrogens with two attached hydrogens (primary N) is 1. The molecule has 0 bridgehead atoms. The van der Waals surface area contributed by atoms with Gasteiger partial charge in [0.05, 0.1) is 14.2 Å². The first-order valence-electron chi connectivity index (χ1n) is 6.36. The number of hydrogen-bond donors (Lipinski definition) is 1. The van der Waals surface area contributed by atoms with Crippen molar-refractivity contribution in [2.24, 2.45) is 5.73 Å². The van der Waals surface area contributed by atoms with Crippen molar-refractivity contribution in [1.82, 2.24) is 0 Å². The van der Waals surface area contributed by atoms with Gasteiger partial charge in [-0.05, 0) is 30.2 Å². The van der Waals surface area contributed by atoms with Crippen LogP contribution in [-0.4, -0.2) is 14.2 Å². The molecule has 3 nitrogen and oxygen atoms in total. The molecule has 0 spiro atoms. The number of halogens is 1. The molecule has 2 rings (SSSR count). The molecule has 0 aliphatic carbocycles.